The molecule has 2 aromatic heterocycles. The first-order valence-corrected chi connectivity index (χ1v) is 6.44. The van der Waals surface area contributed by atoms with Crippen LogP contribution in [0.5, 0.6) is 0 Å². The Kier molecular flexibility index (Phi) is 3.42. The lowest BCUT2D eigenvalue weighted by atomic mass is 10.1. The number of H-pyrrole nitrogens is 1. The molecule has 0 saturated heterocycles. The molecule has 0 aliphatic heterocycles. The molecule has 0 unspecified atom stereocenters. The van der Waals surface area contributed by atoms with E-state index >= 15 is 0 Å². The van der Waals surface area contributed by atoms with E-state index in [0.29, 0.717) is 17.2 Å². The monoisotopic (exact) mass is 279 g/mol. The van der Waals surface area contributed by atoms with Crippen LogP contribution in [-0.2, 0) is 0 Å². The number of rotatable bonds is 4. The van der Waals surface area contributed by atoms with E-state index in [-0.39, 0.29) is 11.6 Å². The molecule has 0 aliphatic rings. The van der Waals surface area contributed by atoms with Gasteiger partial charge in [-0.25, -0.2) is 9.97 Å². The molecule has 0 aliphatic carbocycles. The van der Waals surface area contributed by atoms with Crippen LogP contribution in [0.3, 0.4) is 0 Å². The second-order valence-electron chi connectivity index (χ2n) is 4.52. The number of hydrogen-bond donors (Lipinski definition) is 2. The molecule has 1 aromatic carbocycles. The molecule has 0 radical (unpaired) electrons. The predicted molar refractivity (Wildman–Crippen MR) is 78.5 cm³/mol. The lowest BCUT2D eigenvalue weighted by Gasteiger charge is -2.04. The van der Waals surface area contributed by atoms with Crippen molar-refractivity contribution in [1.29, 1.82) is 0 Å². The van der Waals surface area contributed by atoms with Gasteiger partial charge in [0.05, 0.1) is 0 Å². The smallest absolute Gasteiger partial charge is 0.230 e. The van der Waals surface area contributed by atoms with Gasteiger partial charge in [-0.2, -0.15) is 5.10 Å². The summed E-state index contributed by atoms with van der Waals surface area (Å²) in [6, 6.07) is 12.5. The molecule has 3 aromatic rings. The van der Waals surface area contributed by atoms with Gasteiger partial charge in [-0.3, -0.25) is 9.89 Å². The van der Waals surface area contributed by atoms with Crippen LogP contribution in [0.2, 0.25) is 0 Å². The molecule has 0 fully saturated rings. The van der Waals surface area contributed by atoms with Gasteiger partial charge >= 0.3 is 0 Å². The van der Waals surface area contributed by atoms with Crippen LogP contribution >= 0.6 is 0 Å². The van der Waals surface area contributed by atoms with E-state index in [2.05, 4.69) is 25.5 Å². The number of nitrogens with one attached hydrogen (secondary N) is 2. The maximum absolute atomic E-state index is 12.3. The van der Waals surface area contributed by atoms with Crippen molar-refractivity contribution in [3.05, 3.63) is 65.7 Å². The standard InChI is InChI=1S/C15H13N5O/c1-10-9-13(20-19-10)17-12-7-8-16-15(18-12)14(21)11-5-3-2-4-6-11/h2-9H,1H3,(H2,16,17,18,19,20). The Morgan fingerprint density at radius 3 is 2.67 bits per heavy atom. The summed E-state index contributed by atoms with van der Waals surface area (Å²) >= 11 is 0. The van der Waals surface area contributed by atoms with E-state index in [9.17, 15) is 4.79 Å². The number of nitrogens with zero attached hydrogens (tertiary/aromatic N) is 3. The minimum absolute atomic E-state index is 0.151. The van der Waals surface area contributed by atoms with Crippen molar-refractivity contribution in [1.82, 2.24) is 20.2 Å². The van der Waals surface area contributed by atoms with E-state index in [1.165, 1.54) is 0 Å². The molecule has 6 nitrogen and oxygen atoms in total. The highest BCUT2D eigenvalue weighted by atomic mass is 16.1. The Bertz CT molecular complexity index is 766. The van der Waals surface area contributed by atoms with Gasteiger partial charge < -0.3 is 5.32 Å². The van der Waals surface area contributed by atoms with Gasteiger partial charge in [-0.05, 0) is 13.0 Å². The average Bonchev–Trinajstić information content (AvgIpc) is 2.93. The fourth-order valence-electron chi connectivity index (χ4n) is 1.87. The molecule has 3 rings (SSSR count). The molecule has 0 saturated carbocycles. The van der Waals surface area contributed by atoms with Crippen molar-refractivity contribution >= 4 is 17.4 Å². The first-order valence-electron chi connectivity index (χ1n) is 6.44. The van der Waals surface area contributed by atoms with Crippen molar-refractivity contribution in [2.45, 2.75) is 6.92 Å². The third-order valence-electron chi connectivity index (χ3n) is 2.86. The molecule has 21 heavy (non-hydrogen) atoms. The fourth-order valence-corrected chi connectivity index (χ4v) is 1.87. The summed E-state index contributed by atoms with van der Waals surface area (Å²) in [5.41, 5.74) is 1.50. The molecule has 2 N–H and O–H groups in total. The lowest BCUT2D eigenvalue weighted by Crippen LogP contribution is -2.08. The minimum atomic E-state index is -0.211. The maximum atomic E-state index is 12.3. The molecular weight excluding hydrogens is 266 g/mol. The molecule has 104 valence electrons. The summed E-state index contributed by atoms with van der Waals surface area (Å²) in [5, 5.41) is 9.92. The van der Waals surface area contributed by atoms with Crippen molar-refractivity contribution in [2.24, 2.45) is 0 Å². The first kappa shape index (κ1) is 13.0. The van der Waals surface area contributed by atoms with E-state index in [1.807, 2.05) is 31.2 Å². The normalized spacial score (nSPS) is 10.3. The molecule has 2 heterocycles. The maximum Gasteiger partial charge on any atom is 0.230 e. The van der Waals surface area contributed by atoms with Crippen LogP contribution < -0.4 is 5.32 Å². The zero-order valence-electron chi connectivity index (χ0n) is 11.4. The summed E-state index contributed by atoms with van der Waals surface area (Å²) in [4.78, 5) is 20.5. The predicted octanol–water partition coefficient (Wildman–Crippen LogP) is 2.48. The SMILES string of the molecule is Cc1cc(Nc2ccnc(C(=O)c3ccccc3)n2)n[nH]1. The first-order chi connectivity index (χ1) is 10.2. The number of aromatic nitrogens is 4. The highest BCUT2D eigenvalue weighted by molar-refractivity contribution is 6.06. The second-order valence-corrected chi connectivity index (χ2v) is 4.52. The number of carbonyl (C=O) groups is 1. The zero-order valence-corrected chi connectivity index (χ0v) is 11.4. The third-order valence-corrected chi connectivity index (χ3v) is 2.86. The van der Waals surface area contributed by atoms with Crippen LogP contribution in [0.15, 0.2) is 48.7 Å². The Morgan fingerprint density at radius 1 is 1.14 bits per heavy atom. The Balaban J connectivity index is 1.85. The van der Waals surface area contributed by atoms with Crippen LogP contribution in [-0.4, -0.2) is 25.9 Å². The largest absolute Gasteiger partial charge is 0.323 e. The molecule has 6 heteroatoms. The summed E-state index contributed by atoms with van der Waals surface area (Å²) in [5.74, 6) is 1.11. The fraction of sp³-hybridized carbons (Fsp3) is 0.0667. The van der Waals surface area contributed by atoms with Crippen LogP contribution in [0, 0.1) is 6.92 Å². The Labute approximate surface area is 121 Å². The Hall–Kier alpha value is -3.02. The summed E-state index contributed by atoms with van der Waals surface area (Å²) in [6.07, 6.45) is 1.55. The van der Waals surface area contributed by atoms with Gasteiger partial charge in [-0.15, -0.1) is 0 Å². The highest BCUT2D eigenvalue weighted by Gasteiger charge is 2.12. The van der Waals surface area contributed by atoms with E-state index in [1.54, 1.807) is 24.4 Å². The van der Waals surface area contributed by atoms with Crippen molar-refractivity contribution in [2.75, 3.05) is 5.32 Å². The lowest BCUT2D eigenvalue weighted by molar-refractivity contribution is 0.102. The third kappa shape index (κ3) is 2.94. The van der Waals surface area contributed by atoms with Crippen molar-refractivity contribution < 1.29 is 4.79 Å². The van der Waals surface area contributed by atoms with Crippen molar-refractivity contribution in [3.63, 3.8) is 0 Å². The van der Waals surface area contributed by atoms with E-state index < -0.39 is 0 Å². The number of hydrogen-bond acceptors (Lipinski definition) is 5. The number of ketones is 1. The molecular formula is C15H13N5O. The number of aromatic amines is 1. The average molecular weight is 279 g/mol. The number of carbonyl (C=O) groups excluding carboxylic acids is 1. The van der Waals surface area contributed by atoms with Crippen LogP contribution in [0.25, 0.3) is 0 Å². The van der Waals surface area contributed by atoms with Gasteiger partial charge in [-0.1, -0.05) is 30.3 Å². The Morgan fingerprint density at radius 2 is 1.95 bits per heavy atom. The second kappa shape index (κ2) is 5.54. The topological polar surface area (TPSA) is 83.6 Å². The van der Waals surface area contributed by atoms with Crippen LogP contribution in [0.1, 0.15) is 21.9 Å². The molecule has 0 bridgehead atoms. The molecule has 0 atom stereocenters. The quantitative estimate of drug-likeness (QED) is 0.717. The highest BCUT2D eigenvalue weighted by Crippen LogP contribution is 2.13. The van der Waals surface area contributed by atoms with Gasteiger partial charge in [0.25, 0.3) is 0 Å². The van der Waals surface area contributed by atoms with Crippen LogP contribution in [0.4, 0.5) is 11.6 Å². The van der Waals surface area contributed by atoms with Gasteiger partial charge in [0.15, 0.2) is 5.82 Å². The zero-order chi connectivity index (χ0) is 14.7. The van der Waals surface area contributed by atoms with E-state index in [0.717, 1.165) is 5.69 Å². The van der Waals surface area contributed by atoms with Gasteiger partial charge in [0.1, 0.15) is 5.82 Å². The van der Waals surface area contributed by atoms with Gasteiger partial charge in [0, 0.05) is 23.5 Å². The van der Waals surface area contributed by atoms with E-state index in [4.69, 9.17) is 0 Å². The number of aryl methyl sites for hydroxylation is 1. The summed E-state index contributed by atoms with van der Waals surface area (Å²) in [7, 11) is 0. The molecule has 0 spiro atoms. The number of anilines is 2. The minimum Gasteiger partial charge on any atom is -0.323 e. The van der Waals surface area contributed by atoms with Gasteiger partial charge in [0.2, 0.25) is 11.6 Å². The number of benzene rings is 1. The molecule has 0 amide bonds. The summed E-state index contributed by atoms with van der Waals surface area (Å²) < 4.78 is 0. The van der Waals surface area contributed by atoms with Crippen molar-refractivity contribution in [3.8, 4) is 0 Å². The summed E-state index contributed by atoms with van der Waals surface area (Å²) in [6.45, 7) is 1.91.